The second-order valence-corrected chi connectivity index (χ2v) is 8.35. The molecule has 1 saturated carbocycles. The molecular formula is C22H30N4O3. The van der Waals surface area contributed by atoms with Gasteiger partial charge in [0, 0.05) is 69.5 Å². The monoisotopic (exact) mass is 398 g/mol. The van der Waals surface area contributed by atoms with E-state index in [4.69, 9.17) is 0 Å². The summed E-state index contributed by atoms with van der Waals surface area (Å²) in [4.78, 5) is 44.6. The van der Waals surface area contributed by atoms with Crippen LogP contribution in [0.15, 0.2) is 24.3 Å². The minimum Gasteiger partial charge on any atom is -0.369 e. The predicted molar refractivity (Wildman–Crippen MR) is 111 cm³/mol. The van der Waals surface area contributed by atoms with Crippen molar-refractivity contribution in [1.82, 2.24) is 14.7 Å². The lowest BCUT2D eigenvalue weighted by atomic mass is 10.1. The van der Waals surface area contributed by atoms with Gasteiger partial charge in [0.1, 0.15) is 0 Å². The van der Waals surface area contributed by atoms with Crippen LogP contribution in [-0.4, -0.2) is 91.2 Å². The van der Waals surface area contributed by atoms with Crippen LogP contribution in [0.3, 0.4) is 0 Å². The van der Waals surface area contributed by atoms with Gasteiger partial charge in [0.05, 0.1) is 6.54 Å². The van der Waals surface area contributed by atoms with Gasteiger partial charge in [0.15, 0.2) is 5.78 Å². The van der Waals surface area contributed by atoms with E-state index in [0.29, 0.717) is 32.7 Å². The van der Waals surface area contributed by atoms with Crippen LogP contribution in [-0.2, 0) is 9.59 Å². The molecular weight excluding hydrogens is 368 g/mol. The number of hydrogen-bond donors (Lipinski definition) is 0. The van der Waals surface area contributed by atoms with Crippen LogP contribution in [0.25, 0.3) is 0 Å². The van der Waals surface area contributed by atoms with Crippen molar-refractivity contribution < 1.29 is 14.4 Å². The van der Waals surface area contributed by atoms with Gasteiger partial charge >= 0.3 is 0 Å². The maximum Gasteiger partial charge on any atom is 0.236 e. The largest absolute Gasteiger partial charge is 0.369 e. The van der Waals surface area contributed by atoms with E-state index < -0.39 is 0 Å². The number of amides is 2. The number of rotatable bonds is 5. The second kappa shape index (κ2) is 8.53. The number of carbonyl (C=O) groups is 3. The Kier molecular flexibility index (Phi) is 5.85. The van der Waals surface area contributed by atoms with E-state index in [9.17, 15) is 14.4 Å². The van der Waals surface area contributed by atoms with Crippen molar-refractivity contribution in [1.29, 1.82) is 0 Å². The minimum atomic E-state index is 0.0811. The Balaban J connectivity index is 1.21. The molecule has 2 saturated heterocycles. The summed E-state index contributed by atoms with van der Waals surface area (Å²) < 4.78 is 0. The average molecular weight is 399 g/mol. The lowest BCUT2D eigenvalue weighted by molar-refractivity contribution is -0.140. The third-order valence-electron chi connectivity index (χ3n) is 6.24. The molecule has 0 radical (unpaired) electrons. The highest BCUT2D eigenvalue weighted by atomic mass is 16.2. The molecule has 0 bridgehead atoms. The number of carbonyl (C=O) groups excluding carboxylic acids is 3. The Morgan fingerprint density at radius 2 is 1.41 bits per heavy atom. The smallest absolute Gasteiger partial charge is 0.236 e. The van der Waals surface area contributed by atoms with Crippen molar-refractivity contribution in [3.63, 3.8) is 0 Å². The molecule has 2 heterocycles. The third-order valence-corrected chi connectivity index (χ3v) is 6.24. The second-order valence-electron chi connectivity index (χ2n) is 8.35. The number of nitrogens with zero attached hydrogens (tertiary/aromatic N) is 4. The normalized spacial score (nSPS) is 20.7. The highest BCUT2D eigenvalue weighted by molar-refractivity contribution is 5.94. The molecule has 1 aromatic rings. The first kappa shape index (κ1) is 19.9. The maximum absolute atomic E-state index is 12.7. The van der Waals surface area contributed by atoms with Crippen LogP contribution in [0.5, 0.6) is 0 Å². The number of benzene rings is 1. The van der Waals surface area contributed by atoms with Crippen LogP contribution < -0.4 is 4.90 Å². The molecule has 1 aliphatic carbocycles. The molecule has 2 amide bonds. The van der Waals surface area contributed by atoms with Gasteiger partial charge in [-0.25, -0.2) is 0 Å². The Morgan fingerprint density at radius 3 is 1.97 bits per heavy atom. The summed E-state index contributed by atoms with van der Waals surface area (Å²) in [5.41, 5.74) is 1.86. The number of anilines is 1. The quantitative estimate of drug-likeness (QED) is 0.695. The van der Waals surface area contributed by atoms with Crippen LogP contribution in [0.4, 0.5) is 5.69 Å². The van der Waals surface area contributed by atoms with Gasteiger partial charge in [-0.15, -0.1) is 0 Å². The van der Waals surface area contributed by atoms with Crippen LogP contribution in [0.1, 0.15) is 30.1 Å². The molecule has 0 atom stereocenters. The zero-order valence-corrected chi connectivity index (χ0v) is 17.2. The van der Waals surface area contributed by atoms with Crippen molar-refractivity contribution >= 4 is 23.3 Å². The zero-order valence-electron chi connectivity index (χ0n) is 17.2. The van der Waals surface area contributed by atoms with E-state index >= 15 is 0 Å². The first-order valence-corrected chi connectivity index (χ1v) is 10.7. The molecule has 3 aliphatic rings. The number of piperazine rings is 2. The van der Waals surface area contributed by atoms with E-state index in [-0.39, 0.29) is 23.5 Å². The summed E-state index contributed by atoms with van der Waals surface area (Å²) >= 11 is 0. The minimum absolute atomic E-state index is 0.0811. The van der Waals surface area contributed by atoms with Crippen molar-refractivity contribution in [2.24, 2.45) is 5.92 Å². The molecule has 1 aromatic carbocycles. The molecule has 0 N–H and O–H groups in total. The predicted octanol–water partition coefficient (Wildman–Crippen LogP) is 1.09. The average Bonchev–Trinajstić information content (AvgIpc) is 3.59. The van der Waals surface area contributed by atoms with Gasteiger partial charge in [-0.3, -0.25) is 19.3 Å². The molecule has 0 unspecified atom stereocenters. The molecule has 2 aliphatic heterocycles. The molecule has 29 heavy (non-hydrogen) atoms. The lowest BCUT2D eigenvalue weighted by Crippen LogP contribution is -2.54. The van der Waals surface area contributed by atoms with Gasteiger partial charge in [-0.05, 0) is 44.0 Å². The summed E-state index contributed by atoms with van der Waals surface area (Å²) in [6.45, 7) is 8.12. The zero-order chi connectivity index (χ0) is 20.4. The van der Waals surface area contributed by atoms with Crippen molar-refractivity contribution in [3.05, 3.63) is 29.8 Å². The SMILES string of the molecule is CC(=O)c1ccc(N2CCN(CC(=O)N3CCN(C(=O)C4CC4)CC3)CC2)cc1. The molecule has 3 fully saturated rings. The van der Waals surface area contributed by atoms with Crippen LogP contribution >= 0.6 is 0 Å². The Hall–Kier alpha value is -2.41. The first-order chi connectivity index (χ1) is 14.0. The highest BCUT2D eigenvalue weighted by Crippen LogP contribution is 2.31. The van der Waals surface area contributed by atoms with E-state index in [1.54, 1.807) is 6.92 Å². The van der Waals surface area contributed by atoms with Crippen molar-refractivity contribution in [2.75, 3.05) is 63.8 Å². The fourth-order valence-electron chi connectivity index (χ4n) is 4.13. The Labute approximate surface area is 172 Å². The standard InChI is InChI=1S/C22H30N4O3/c1-17(27)18-4-6-20(7-5-18)24-10-8-23(9-11-24)16-21(28)25-12-14-26(15-13-25)22(29)19-2-3-19/h4-7,19H,2-3,8-16H2,1H3. The van der Waals surface area contributed by atoms with Gasteiger partial charge < -0.3 is 14.7 Å². The van der Waals surface area contributed by atoms with Crippen LogP contribution in [0.2, 0.25) is 0 Å². The van der Waals surface area contributed by atoms with E-state index in [1.807, 2.05) is 34.1 Å². The molecule has 4 rings (SSSR count). The van der Waals surface area contributed by atoms with Gasteiger partial charge in [0.2, 0.25) is 11.8 Å². The number of hydrogen-bond acceptors (Lipinski definition) is 5. The van der Waals surface area contributed by atoms with Gasteiger partial charge in [-0.2, -0.15) is 0 Å². The number of ketones is 1. The summed E-state index contributed by atoms with van der Waals surface area (Å²) in [6, 6.07) is 7.75. The maximum atomic E-state index is 12.7. The van der Waals surface area contributed by atoms with E-state index in [0.717, 1.165) is 50.3 Å². The summed E-state index contributed by atoms with van der Waals surface area (Å²) in [5, 5.41) is 0. The third kappa shape index (κ3) is 4.78. The van der Waals surface area contributed by atoms with Crippen LogP contribution in [0, 0.1) is 5.92 Å². The summed E-state index contributed by atoms with van der Waals surface area (Å²) in [7, 11) is 0. The number of Topliss-reactive ketones (excluding diaryl/α,β-unsaturated/α-hetero) is 1. The van der Waals surface area contributed by atoms with Crippen molar-refractivity contribution in [3.8, 4) is 0 Å². The Bertz CT molecular complexity index is 759. The summed E-state index contributed by atoms with van der Waals surface area (Å²) in [6.07, 6.45) is 2.07. The molecule has 0 aromatic heterocycles. The summed E-state index contributed by atoms with van der Waals surface area (Å²) in [5.74, 6) is 0.789. The fourth-order valence-corrected chi connectivity index (χ4v) is 4.13. The van der Waals surface area contributed by atoms with Gasteiger partial charge in [0.25, 0.3) is 0 Å². The van der Waals surface area contributed by atoms with Gasteiger partial charge in [-0.1, -0.05) is 0 Å². The van der Waals surface area contributed by atoms with E-state index in [1.165, 1.54) is 0 Å². The molecule has 7 heteroatoms. The lowest BCUT2D eigenvalue weighted by Gasteiger charge is -2.38. The Morgan fingerprint density at radius 1 is 0.828 bits per heavy atom. The molecule has 7 nitrogen and oxygen atoms in total. The molecule has 0 spiro atoms. The highest BCUT2D eigenvalue weighted by Gasteiger charge is 2.35. The van der Waals surface area contributed by atoms with Crippen molar-refractivity contribution in [2.45, 2.75) is 19.8 Å². The topological polar surface area (TPSA) is 64.2 Å². The fraction of sp³-hybridized carbons (Fsp3) is 0.591. The van der Waals surface area contributed by atoms with E-state index in [2.05, 4.69) is 9.80 Å². The molecule has 156 valence electrons. The first-order valence-electron chi connectivity index (χ1n) is 10.7.